The highest BCUT2D eigenvalue weighted by Crippen LogP contribution is 2.01. The number of unbranched alkanes of at least 4 members (excludes halogenated alkanes) is 1. The van der Waals surface area contributed by atoms with Crippen LogP contribution in [0.4, 0.5) is 0 Å². The van der Waals surface area contributed by atoms with Crippen molar-refractivity contribution in [2.45, 2.75) is 25.7 Å². The Balaban J connectivity index is 3.32. The Kier molecular flexibility index (Phi) is 5.08. The third-order valence-electron chi connectivity index (χ3n) is 1.53. The van der Waals surface area contributed by atoms with Crippen LogP contribution in [0, 0.1) is 0 Å². The first kappa shape index (κ1) is 10.9. The van der Waals surface area contributed by atoms with Crippen molar-refractivity contribution in [2.75, 3.05) is 14.1 Å². The van der Waals surface area contributed by atoms with E-state index in [1.165, 1.54) is 4.90 Å². The smallest absolute Gasteiger partial charge is 0.303 e. The summed E-state index contributed by atoms with van der Waals surface area (Å²) in [7, 11) is 3.39. The molecule has 0 atom stereocenters. The third kappa shape index (κ3) is 5.70. The second-order valence-electron chi connectivity index (χ2n) is 2.89. The summed E-state index contributed by atoms with van der Waals surface area (Å²) in [5.41, 5.74) is 0. The normalized spacial score (nSPS) is 9.50. The number of carboxylic acids is 1. The SMILES string of the molecule is CN(C)C(=O)CCCCC(=O)O. The lowest BCUT2D eigenvalue weighted by atomic mass is 10.2. The molecule has 0 saturated heterocycles. The zero-order valence-electron chi connectivity index (χ0n) is 7.54. The van der Waals surface area contributed by atoms with E-state index in [-0.39, 0.29) is 12.3 Å². The van der Waals surface area contributed by atoms with Gasteiger partial charge in [0.25, 0.3) is 0 Å². The van der Waals surface area contributed by atoms with Crippen molar-refractivity contribution in [3.8, 4) is 0 Å². The summed E-state index contributed by atoms with van der Waals surface area (Å²) in [6.07, 6.45) is 1.83. The molecular weight excluding hydrogens is 158 g/mol. The molecule has 0 aliphatic carbocycles. The van der Waals surface area contributed by atoms with E-state index in [2.05, 4.69) is 0 Å². The average Bonchev–Trinajstić information content (AvgIpc) is 1.97. The van der Waals surface area contributed by atoms with Crippen molar-refractivity contribution in [1.82, 2.24) is 4.90 Å². The van der Waals surface area contributed by atoms with Crippen molar-refractivity contribution in [3.63, 3.8) is 0 Å². The van der Waals surface area contributed by atoms with Gasteiger partial charge in [-0.15, -0.1) is 0 Å². The number of aliphatic carboxylic acids is 1. The molecule has 0 bridgehead atoms. The number of nitrogens with zero attached hydrogens (tertiary/aromatic N) is 1. The van der Waals surface area contributed by atoms with Gasteiger partial charge in [-0.25, -0.2) is 0 Å². The van der Waals surface area contributed by atoms with Gasteiger partial charge in [-0.3, -0.25) is 9.59 Å². The van der Waals surface area contributed by atoms with Crippen LogP contribution in [0.5, 0.6) is 0 Å². The second kappa shape index (κ2) is 5.57. The molecule has 0 aromatic carbocycles. The fraction of sp³-hybridized carbons (Fsp3) is 0.750. The van der Waals surface area contributed by atoms with Gasteiger partial charge in [0.05, 0.1) is 0 Å². The molecule has 0 heterocycles. The molecule has 1 amide bonds. The first-order valence-electron chi connectivity index (χ1n) is 3.96. The number of hydrogen-bond donors (Lipinski definition) is 1. The van der Waals surface area contributed by atoms with Crippen molar-refractivity contribution < 1.29 is 14.7 Å². The topological polar surface area (TPSA) is 57.6 Å². The van der Waals surface area contributed by atoms with Crippen LogP contribution in [0.2, 0.25) is 0 Å². The molecule has 0 saturated carbocycles. The van der Waals surface area contributed by atoms with Crippen molar-refractivity contribution in [2.24, 2.45) is 0 Å². The molecule has 1 N–H and O–H groups in total. The quantitative estimate of drug-likeness (QED) is 0.623. The van der Waals surface area contributed by atoms with Crippen LogP contribution in [0.25, 0.3) is 0 Å². The monoisotopic (exact) mass is 173 g/mol. The highest BCUT2D eigenvalue weighted by atomic mass is 16.4. The summed E-state index contributed by atoms with van der Waals surface area (Å²) in [6.45, 7) is 0. The molecule has 4 heteroatoms. The van der Waals surface area contributed by atoms with E-state index in [4.69, 9.17) is 5.11 Å². The molecule has 0 unspecified atom stereocenters. The van der Waals surface area contributed by atoms with Gasteiger partial charge in [0, 0.05) is 26.9 Å². The summed E-state index contributed by atoms with van der Waals surface area (Å²) in [6, 6.07) is 0. The summed E-state index contributed by atoms with van der Waals surface area (Å²) in [4.78, 5) is 22.6. The fourth-order valence-corrected chi connectivity index (χ4v) is 0.776. The van der Waals surface area contributed by atoms with Crippen LogP contribution in [0.3, 0.4) is 0 Å². The average molecular weight is 173 g/mol. The lowest BCUT2D eigenvalue weighted by molar-refractivity contribution is -0.137. The summed E-state index contributed by atoms with van der Waals surface area (Å²) < 4.78 is 0. The molecule has 0 aliphatic rings. The van der Waals surface area contributed by atoms with Gasteiger partial charge < -0.3 is 10.0 Å². The van der Waals surface area contributed by atoms with Gasteiger partial charge >= 0.3 is 5.97 Å². The number of amides is 1. The lowest BCUT2D eigenvalue weighted by Gasteiger charge is -2.08. The van der Waals surface area contributed by atoms with Crippen LogP contribution < -0.4 is 0 Å². The molecular formula is C8H15NO3. The van der Waals surface area contributed by atoms with E-state index < -0.39 is 5.97 Å². The molecule has 70 valence electrons. The molecule has 0 aliphatic heterocycles. The maximum Gasteiger partial charge on any atom is 0.303 e. The number of carbonyl (C=O) groups excluding carboxylic acids is 1. The van der Waals surface area contributed by atoms with Gasteiger partial charge in [-0.1, -0.05) is 0 Å². The summed E-state index contributed by atoms with van der Waals surface area (Å²) in [5, 5.41) is 8.29. The number of rotatable bonds is 5. The zero-order valence-corrected chi connectivity index (χ0v) is 7.54. The number of carbonyl (C=O) groups is 2. The van der Waals surface area contributed by atoms with Crippen molar-refractivity contribution >= 4 is 11.9 Å². The van der Waals surface area contributed by atoms with Crippen LogP contribution in [0.1, 0.15) is 25.7 Å². The molecule has 12 heavy (non-hydrogen) atoms. The first-order chi connectivity index (χ1) is 5.54. The van der Waals surface area contributed by atoms with E-state index in [1.54, 1.807) is 14.1 Å². The van der Waals surface area contributed by atoms with E-state index in [9.17, 15) is 9.59 Å². The molecule has 0 aromatic heterocycles. The van der Waals surface area contributed by atoms with Gasteiger partial charge in [-0.05, 0) is 12.8 Å². The predicted octanol–water partition coefficient (Wildman–Crippen LogP) is 0.720. The number of hydrogen-bond acceptors (Lipinski definition) is 2. The summed E-state index contributed by atoms with van der Waals surface area (Å²) >= 11 is 0. The third-order valence-corrected chi connectivity index (χ3v) is 1.53. The van der Waals surface area contributed by atoms with E-state index in [0.717, 1.165) is 0 Å². The molecule has 4 nitrogen and oxygen atoms in total. The largest absolute Gasteiger partial charge is 0.481 e. The Labute approximate surface area is 72.2 Å². The first-order valence-corrected chi connectivity index (χ1v) is 3.96. The van der Waals surface area contributed by atoms with Crippen LogP contribution in [0.15, 0.2) is 0 Å². The predicted molar refractivity (Wildman–Crippen MR) is 44.8 cm³/mol. The minimum atomic E-state index is -0.799. The molecule has 0 fully saturated rings. The Bertz CT molecular complexity index is 166. The van der Waals surface area contributed by atoms with Crippen LogP contribution in [-0.4, -0.2) is 36.0 Å². The highest BCUT2D eigenvalue weighted by Gasteiger charge is 2.03. The minimum Gasteiger partial charge on any atom is -0.481 e. The molecule has 0 aromatic rings. The Morgan fingerprint density at radius 3 is 2.08 bits per heavy atom. The standard InChI is InChI=1S/C8H15NO3/c1-9(2)7(10)5-3-4-6-8(11)12/h3-6H2,1-2H3,(H,11,12). The van der Waals surface area contributed by atoms with Crippen molar-refractivity contribution in [3.05, 3.63) is 0 Å². The highest BCUT2D eigenvalue weighted by molar-refractivity contribution is 5.75. The van der Waals surface area contributed by atoms with Gasteiger partial charge in [-0.2, -0.15) is 0 Å². The Hall–Kier alpha value is -1.06. The fourth-order valence-electron chi connectivity index (χ4n) is 0.776. The zero-order chi connectivity index (χ0) is 9.56. The summed E-state index contributed by atoms with van der Waals surface area (Å²) in [5.74, 6) is -0.743. The molecule has 0 rings (SSSR count). The van der Waals surface area contributed by atoms with Gasteiger partial charge in [0.15, 0.2) is 0 Å². The van der Waals surface area contributed by atoms with Gasteiger partial charge in [0.2, 0.25) is 5.91 Å². The Morgan fingerprint density at radius 2 is 1.67 bits per heavy atom. The lowest BCUT2D eigenvalue weighted by Crippen LogP contribution is -2.21. The number of carboxylic acid groups (broad SMARTS) is 1. The minimum absolute atomic E-state index is 0.0559. The van der Waals surface area contributed by atoms with E-state index in [0.29, 0.717) is 19.3 Å². The van der Waals surface area contributed by atoms with Crippen LogP contribution in [-0.2, 0) is 9.59 Å². The van der Waals surface area contributed by atoms with E-state index in [1.807, 2.05) is 0 Å². The van der Waals surface area contributed by atoms with Crippen LogP contribution >= 0.6 is 0 Å². The molecule has 0 spiro atoms. The van der Waals surface area contributed by atoms with Gasteiger partial charge in [0.1, 0.15) is 0 Å². The maximum atomic E-state index is 11.0. The van der Waals surface area contributed by atoms with E-state index >= 15 is 0 Å². The van der Waals surface area contributed by atoms with Crippen molar-refractivity contribution in [1.29, 1.82) is 0 Å². The maximum absolute atomic E-state index is 11.0. The molecule has 0 radical (unpaired) electrons. The Morgan fingerprint density at radius 1 is 1.17 bits per heavy atom. The second-order valence-corrected chi connectivity index (χ2v) is 2.89.